The molecule has 2 aliphatic heterocycles. The van der Waals surface area contributed by atoms with Gasteiger partial charge in [0.25, 0.3) is 5.91 Å². The predicted molar refractivity (Wildman–Crippen MR) is 144 cm³/mol. The van der Waals surface area contributed by atoms with E-state index in [-0.39, 0.29) is 23.9 Å². The van der Waals surface area contributed by atoms with Crippen molar-refractivity contribution in [2.24, 2.45) is 0 Å². The third kappa shape index (κ3) is 4.71. The van der Waals surface area contributed by atoms with Crippen LogP contribution in [-0.4, -0.2) is 44.2 Å². The predicted octanol–water partition coefficient (Wildman–Crippen LogP) is 5.71. The third-order valence-corrected chi connectivity index (χ3v) is 7.28. The molecule has 2 heterocycles. The van der Waals surface area contributed by atoms with Crippen LogP contribution in [-0.2, 0) is 9.53 Å². The number of para-hydroxylation sites is 1. The number of fused-ring (bicyclic) bond motifs is 1. The number of carbonyl (C=O) groups excluding carboxylic acids is 2. The van der Waals surface area contributed by atoms with Crippen LogP contribution < -0.4 is 14.7 Å². The highest BCUT2D eigenvalue weighted by Crippen LogP contribution is 2.43. The lowest BCUT2D eigenvalue weighted by molar-refractivity contribution is -0.117. The van der Waals surface area contributed by atoms with Crippen molar-refractivity contribution in [2.75, 3.05) is 41.0 Å². The largest absolute Gasteiger partial charge is 0.378 e. The van der Waals surface area contributed by atoms with E-state index in [1.807, 2.05) is 77.4 Å². The van der Waals surface area contributed by atoms with Gasteiger partial charge in [-0.1, -0.05) is 29.8 Å². The number of amides is 2. The Labute approximate surface area is 217 Å². The molecule has 2 amide bonds. The maximum absolute atomic E-state index is 13.8. The lowest BCUT2D eigenvalue weighted by Gasteiger charge is -2.43. The van der Waals surface area contributed by atoms with Crippen molar-refractivity contribution in [3.8, 4) is 0 Å². The molecule has 1 fully saturated rings. The van der Waals surface area contributed by atoms with Gasteiger partial charge in [-0.25, -0.2) is 0 Å². The zero-order valence-electron chi connectivity index (χ0n) is 20.6. The van der Waals surface area contributed by atoms with Crippen molar-refractivity contribution < 1.29 is 14.3 Å². The van der Waals surface area contributed by atoms with Gasteiger partial charge in [0, 0.05) is 53.7 Å². The van der Waals surface area contributed by atoms with Gasteiger partial charge in [0.05, 0.1) is 19.3 Å². The third-order valence-electron chi connectivity index (χ3n) is 7.03. The van der Waals surface area contributed by atoms with Gasteiger partial charge >= 0.3 is 0 Å². The molecule has 3 aromatic carbocycles. The molecule has 6 nitrogen and oxygen atoms in total. The van der Waals surface area contributed by atoms with E-state index in [2.05, 4.69) is 4.90 Å². The van der Waals surface area contributed by atoms with E-state index in [1.54, 1.807) is 19.1 Å². The van der Waals surface area contributed by atoms with Crippen LogP contribution in [0.4, 0.5) is 17.1 Å². The number of nitrogens with zero attached hydrogens (tertiary/aromatic N) is 3. The van der Waals surface area contributed by atoms with Crippen LogP contribution in [0.1, 0.15) is 42.2 Å². The second-order valence-corrected chi connectivity index (χ2v) is 9.78. The fraction of sp³-hybridized carbons (Fsp3) is 0.310. The molecule has 0 spiro atoms. The maximum Gasteiger partial charge on any atom is 0.258 e. The molecular weight excluding hydrogens is 474 g/mol. The van der Waals surface area contributed by atoms with Crippen molar-refractivity contribution in [3.63, 3.8) is 0 Å². The minimum Gasteiger partial charge on any atom is -0.378 e. The first-order chi connectivity index (χ1) is 17.4. The van der Waals surface area contributed by atoms with E-state index in [4.69, 9.17) is 16.3 Å². The normalized spacial score (nSPS) is 19.5. The number of hydrogen-bond acceptors (Lipinski definition) is 4. The molecule has 5 rings (SSSR count). The van der Waals surface area contributed by atoms with Gasteiger partial charge in [-0.3, -0.25) is 9.59 Å². The van der Waals surface area contributed by atoms with E-state index in [9.17, 15) is 9.59 Å². The molecule has 36 heavy (non-hydrogen) atoms. The average Bonchev–Trinajstić information content (AvgIpc) is 2.90. The molecule has 186 valence electrons. The summed E-state index contributed by atoms with van der Waals surface area (Å²) in [6.07, 6.45) is 0.622. The summed E-state index contributed by atoms with van der Waals surface area (Å²) < 4.78 is 5.45. The molecule has 0 aliphatic carbocycles. The quantitative estimate of drug-likeness (QED) is 0.457. The van der Waals surface area contributed by atoms with Crippen molar-refractivity contribution in [3.05, 3.63) is 88.9 Å². The lowest BCUT2D eigenvalue weighted by Crippen LogP contribution is -2.47. The summed E-state index contributed by atoms with van der Waals surface area (Å²) >= 11 is 6.10. The Hall–Kier alpha value is -3.35. The van der Waals surface area contributed by atoms with Gasteiger partial charge in [-0.05, 0) is 73.5 Å². The Bertz CT molecular complexity index is 1240. The molecule has 2 atom stereocenters. The Morgan fingerprint density at radius 1 is 0.944 bits per heavy atom. The molecule has 3 aromatic rings. The molecule has 0 saturated carbocycles. The molecular formula is C29H30ClN3O3. The molecule has 7 heteroatoms. The van der Waals surface area contributed by atoms with Crippen molar-refractivity contribution >= 4 is 40.5 Å². The van der Waals surface area contributed by atoms with E-state index in [0.717, 1.165) is 48.9 Å². The van der Waals surface area contributed by atoms with Crippen LogP contribution in [0.3, 0.4) is 0 Å². The van der Waals surface area contributed by atoms with Crippen molar-refractivity contribution in [1.29, 1.82) is 0 Å². The zero-order chi connectivity index (χ0) is 25.2. The van der Waals surface area contributed by atoms with Crippen LogP contribution in [0.5, 0.6) is 0 Å². The minimum absolute atomic E-state index is 0.0391. The number of benzene rings is 3. The maximum atomic E-state index is 13.8. The highest BCUT2D eigenvalue weighted by Gasteiger charge is 2.38. The van der Waals surface area contributed by atoms with Crippen LogP contribution in [0.15, 0.2) is 72.8 Å². The standard InChI is InChI=1S/C29H30ClN3O3/c1-20-19-28(33(21(2)34)25-13-9-23(30)10-14-25)26-5-3-4-6-27(26)32(20)29(35)22-7-11-24(12-8-22)31-15-17-36-18-16-31/h3-14,20,28H,15-19H2,1-2H3. The van der Waals surface area contributed by atoms with Crippen molar-refractivity contribution in [1.82, 2.24) is 0 Å². The van der Waals surface area contributed by atoms with Gasteiger partial charge in [0.2, 0.25) is 5.91 Å². The first kappa shape index (κ1) is 24.3. The summed E-state index contributed by atoms with van der Waals surface area (Å²) in [5.41, 5.74) is 4.33. The number of ether oxygens (including phenoxy) is 1. The van der Waals surface area contributed by atoms with Crippen LogP contribution in [0.25, 0.3) is 0 Å². The molecule has 0 N–H and O–H groups in total. The average molecular weight is 504 g/mol. The summed E-state index contributed by atoms with van der Waals surface area (Å²) in [5, 5.41) is 0.621. The number of morpholine rings is 1. The fourth-order valence-electron chi connectivity index (χ4n) is 5.29. The fourth-order valence-corrected chi connectivity index (χ4v) is 5.42. The van der Waals surface area contributed by atoms with E-state index in [1.165, 1.54) is 0 Å². The van der Waals surface area contributed by atoms with E-state index < -0.39 is 0 Å². The molecule has 0 radical (unpaired) electrons. The number of anilines is 3. The summed E-state index contributed by atoms with van der Waals surface area (Å²) in [4.78, 5) is 32.6. The Balaban J connectivity index is 1.46. The van der Waals surface area contributed by atoms with Crippen LogP contribution in [0, 0.1) is 0 Å². The van der Waals surface area contributed by atoms with Gasteiger partial charge in [-0.2, -0.15) is 0 Å². The first-order valence-corrected chi connectivity index (χ1v) is 12.7. The van der Waals surface area contributed by atoms with E-state index in [0.29, 0.717) is 17.0 Å². The molecule has 2 aliphatic rings. The lowest BCUT2D eigenvalue weighted by atomic mass is 9.89. The van der Waals surface area contributed by atoms with E-state index >= 15 is 0 Å². The minimum atomic E-state index is -0.192. The Morgan fingerprint density at radius 3 is 2.28 bits per heavy atom. The summed E-state index contributed by atoms with van der Waals surface area (Å²) in [6.45, 7) is 6.77. The summed E-state index contributed by atoms with van der Waals surface area (Å²) in [5.74, 6) is -0.0920. The highest BCUT2D eigenvalue weighted by atomic mass is 35.5. The first-order valence-electron chi connectivity index (χ1n) is 12.3. The Kier molecular flexibility index (Phi) is 6.99. The molecule has 0 bridgehead atoms. The second kappa shape index (κ2) is 10.3. The monoisotopic (exact) mass is 503 g/mol. The smallest absolute Gasteiger partial charge is 0.258 e. The van der Waals surface area contributed by atoms with Gasteiger partial charge < -0.3 is 19.4 Å². The topological polar surface area (TPSA) is 53.1 Å². The number of carbonyl (C=O) groups is 2. The highest BCUT2D eigenvalue weighted by molar-refractivity contribution is 6.30. The van der Waals surface area contributed by atoms with Gasteiger partial charge in [0.15, 0.2) is 0 Å². The van der Waals surface area contributed by atoms with Crippen LogP contribution in [0.2, 0.25) is 5.02 Å². The summed E-state index contributed by atoms with van der Waals surface area (Å²) in [6, 6.07) is 22.7. The number of hydrogen-bond donors (Lipinski definition) is 0. The van der Waals surface area contributed by atoms with Gasteiger partial charge in [-0.15, -0.1) is 0 Å². The summed E-state index contributed by atoms with van der Waals surface area (Å²) in [7, 11) is 0. The molecule has 2 unspecified atom stereocenters. The van der Waals surface area contributed by atoms with Crippen LogP contribution >= 0.6 is 11.6 Å². The Morgan fingerprint density at radius 2 is 1.61 bits per heavy atom. The molecule has 0 aromatic heterocycles. The second-order valence-electron chi connectivity index (χ2n) is 9.35. The molecule has 1 saturated heterocycles. The van der Waals surface area contributed by atoms with Crippen molar-refractivity contribution in [2.45, 2.75) is 32.4 Å². The number of rotatable bonds is 4. The zero-order valence-corrected chi connectivity index (χ0v) is 21.3. The van der Waals surface area contributed by atoms with Gasteiger partial charge in [0.1, 0.15) is 0 Å². The SMILES string of the molecule is CC(=O)N(c1ccc(Cl)cc1)C1CC(C)N(C(=O)c2ccc(N3CCOCC3)cc2)c2ccccc21. The number of halogens is 1.